The van der Waals surface area contributed by atoms with Crippen molar-refractivity contribution in [1.82, 2.24) is 0 Å². The van der Waals surface area contributed by atoms with Crippen LogP contribution in [0.3, 0.4) is 0 Å². The van der Waals surface area contributed by atoms with Gasteiger partial charge in [0.15, 0.2) is 0 Å². The van der Waals surface area contributed by atoms with Gasteiger partial charge in [-0.3, -0.25) is 0 Å². The van der Waals surface area contributed by atoms with Crippen molar-refractivity contribution in [3.63, 3.8) is 0 Å². The first-order chi connectivity index (χ1) is 9.95. The molecule has 0 aromatic rings. The molecule has 0 rings (SSSR count). The van der Waals surface area contributed by atoms with Crippen molar-refractivity contribution in [3.05, 3.63) is 0 Å². The summed E-state index contributed by atoms with van der Waals surface area (Å²) in [7, 11) is 0. The maximum absolute atomic E-state index is 9.74. The normalized spacial score (nSPS) is 9.62. The summed E-state index contributed by atoms with van der Waals surface area (Å²) in [6, 6.07) is 0. The van der Waals surface area contributed by atoms with E-state index in [9.17, 15) is 10.2 Å². The van der Waals surface area contributed by atoms with Gasteiger partial charge >= 0.3 is 69.5 Å². The monoisotopic (exact) mass is 408 g/mol. The van der Waals surface area contributed by atoms with Crippen LogP contribution < -0.4 is 10.2 Å². The van der Waals surface area contributed by atoms with E-state index in [4.69, 9.17) is 0 Å². The Hall–Kier alpha value is 0.719. The Bertz CT molecular complexity index is 134. The molecule has 0 saturated heterocycles. The van der Waals surface area contributed by atoms with Crippen LogP contribution in [0.4, 0.5) is 0 Å². The van der Waals surface area contributed by atoms with Gasteiger partial charge in [0.05, 0.1) is 0 Å². The summed E-state index contributed by atoms with van der Waals surface area (Å²) in [5.74, 6) is 1.17. The molecule has 21 heavy (non-hydrogen) atoms. The van der Waals surface area contributed by atoms with Crippen LogP contribution in [0.5, 0.6) is 0 Å². The fourth-order valence-corrected chi connectivity index (χ4v) is 5.36. The summed E-state index contributed by atoms with van der Waals surface area (Å²) in [5.41, 5.74) is 0. The van der Waals surface area contributed by atoms with E-state index in [-0.39, 0.29) is 34.4 Å². The van der Waals surface area contributed by atoms with Crippen molar-refractivity contribution in [2.75, 3.05) is 13.2 Å². The Labute approximate surface area is 145 Å². The molecule has 0 radical (unpaired) electrons. The topological polar surface area (TPSA) is 46.1 Å². The van der Waals surface area contributed by atoms with E-state index >= 15 is 0 Å². The van der Waals surface area contributed by atoms with E-state index in [1.165, 1.54) is 25.7 Å². The molecule has 0 aromatic carbocycles. The van der Waals surface area contributed by atoms with Gasteiger partial charge < -0.3 is 10.2 Å². The first-order valence-corrected chi connectivity index (χ1v) is 12.9. The quantitative estimate of drug-likeness (QED) is 0.407. The van der Waals surface area contributed by atoms with Crippen LogP contribution in [0.2, 0.25) is 8.87 Å². The molecule has 0 aromatic heterocycles. The van der Waals surface area contributed by atoms with E-state index in [1.54, 1.807) is 8.87 Å². The Morgan fingerprint density at radius 1 is 0.714 bits per heavy atom. The Balaban J connectivity index is -0.000000240. The van der Waals surface area contributed by atoms with Crippen LogP contribution in [-0.2, 0) is 0 Å². The van der Waals surface area contributed by atoms with Crippen LogP contribution in [-0.4, -0.2) is 34.4 Å². The molecule has 0 aliphatic rings. The molecular weight excluding hydrogens is 367 g/mol. The minimum absolute atomic E-state index is 0.0810. The van der Waals surface area contributed by atoms with Crippen molar-refractivity contribution < 1.29 is 10.2 Å². The van der Waals surface area contributed by atoms with E-state index in [2.05, 4.69) is 41.5 Å². The first-order valence-electron chi connectivity index (χ1n) is 8.82. The summed E-state index contributed by atoms with van der Waals surface area (Å²) < 4.78 is 3.25. The molecule has 0 aliphatic heterocycles. The molecule has 0 bridgehead atoms. The molecule has 0 atom stereocenters. The molecule has 128 valence electrons. The molecule has 3 heteroatoms. The van der Waals surface area contributed by atoms with Gasteiger partial charge in [-0.05, 0) is 11.8 Å². The van der Waals surface area contributed by atoms with Gasteiger partial charge in [-0.25, -0.2) is 0 Å². The predicted molar refractivity (Wildman–Crippen MR) is 93.8 cm³/mol. The second kappa shape index (κ2) is 25.7. The first kappa shape index (κ1) is 26.6. The van der Waals surface area contributed by atoms with Crippen molar-refractivity contribution in [3.8, 4) is 0 Å². The third kappa shape index (κ3) is 44.9. The van der Waals surface area contributed by atoms with Crippen molar-refractivity contribution >= 4 is 21.1 Å². The molecule has 0 aliphatic carbocycles. The van der Waals surface area contributed by atoms with E-state index in [0.29, 0.717) is 11.8 Å². The number of hydrogen-bond donors (Lipinski definition) is 0. The molecule has 0 unspecified atom stereocenters. The molecule has 0 amide bonds. The molecule has 0 fully saturated rings. The Morgan fingerprint density at radius 2 is 1.05 bits per heavy atom. The van der Waals surface area contributed by atoms with Crippen LogP contribution in [0.25, 0.3) is 0 Å². The van der Waals surface area contributed by atoms with Gasteiger partial charge in [0.2, 0.25) is 0 Å². The number of hydrogen-bond acceptors (Lipinski definition) is 2. The van der Waals surface area contributed by atoms with Gasteiger partial charge in [0, 0.05) is 0 Å². The van der Waals surface area contributed by atoms with Crippen molar-refractivity contribution in [2.24, 2.45) is 11.8 Å². The average molecular weight is 407 g/mol. The van der Waals surface area contributed by atoms with Crippen molar-refractivity contribution in [2.45, 2.75) is 88.9 Å². The van der Waals surface area contributed by atoms with Crippen LogP contribution >= 0.6 is 0 Å². The summed E-state index contributed by atoms with van der Waals surface area (Å²) in [5, 5.41) is 19.5. The van der Waals surface area contributed by atoms with E-state index < -0.39 is 0 Å². The number of rotatable bonds is 10. The summed E-state index contributed by atoms with van der Waals surface area (Å²) >= 11 is 0.149. The molecular formula is C18H40O2Sn. The van der Waals surface area contributed by atoms with Crippen LogP contribution in [0.1, 0.15) is 80.1 Å². The zero-order chi connectivity index (χ0) is 16.9. The summed E-state index contributed by atoms with van der Waals surface area (Å²) in [6.45, 7) is 13.0. The molecule has 0 spiro atoms. The van der Waals surface area contributed by atoms with Gasteiger partial charge in [-0.15, -0.1) is 13.2 Å². The third-order valence-corrected chi connectivity index (χ3v) is 6.84. The van der Waals surface area contributed by atoms with Crippen molar-refractivity contribution in [1.29, 1.82) is 0 Å². The SMILES string of the molecule is CC(C)CC[O-].CC(C)CC[O-].CCC[CH2][Sn+2][CH2]CCC. The van der Waals surface area contributed by atoms with Crippen LogP contribution in [0.15, 0.2) is 0 Å². The Kier molecular flexibility index (Phi) is 32.5. The summed E-state index contributed by atoms with van der Waals surface area (Å²) in [6.07, 6.45) is 7.48. The Morgan fingerprint density at radius 3 is 1.19 bits per heavy atom. The van der Waals surface area contributed by atoms with Gasteiger partial charge in [-0.1, -0.05) is 40.5 Å². The molecule has 0 heterocycles. The summed E-state index contributed by atoms with van der Waals surface area (Å²) in [4.78, 5) is 0. The zero-order valence-corrected chi connectivity index (χ0v) is 18.4. The molecule has 0 saturated carbocycles. The van der Waals surface area contributed by atoms with E-state index in [0.717, 1.165) is 12.8 Å². The van der Waals surface area contributed by atoms with Gasteiger partial charge in [0.25, 0.3) is 0 Å². The number of unbranched alkanes of at least 4 members (excludes halogenated alkanes) is 2. The standard InChI is InChI=1S/2C5H11O.2C4H9.Sn/c2*1-5(2)3-4-6;2*1-3-4-2;/h2*5H,3-4H2,1-2H3;2*1,3-4H2,2H3;/q2*-1;;;+2. The second-order valence-corrected chi connectivity index (χ2v) is 10.5. The molecule has 2 nitrogen and oxygen atoms in total. The second-order valence-electron chi connectivity index (χ2n) is 6.23. The fourth-order valence-electron chi connectivity index (χ4n) is 1.20. The van der Waals surface area contributed by atoms with Gasteiger partial charge in [0.1, 0.15) is 0 Å². The minimum atomic E-state index is 0.0810. The maximum atomic E-state index is 9.74. The third-order valence-electron chi connectivity index (χ3n) is 2.80. The van der Waals surface area contributed by atoms with Crippen LogP contribution in [0, 0.1) is 11.8 Å². The molecule has 0 N–H and O–H groups in total. The average Bonchev–Trinajstić information content (AvgIpc) is 2.40. The fraction of sp³-hybridized carbons (Fsp3) is 1.00. The predicted octanol–water partition coefficient (Wildman–Crippen LogP) is 3.91. The van der Waals surface area contributed by atoms with Gasteiger partial charge in [-0.2, -0.15) is 0 Å². The zero-order valence-electron chi connectivity index (χ0n) is 15.5. The van der Waals surface area contributed by atoms with E-state index in [1.807, 2.05) is 0 Å².